The molecule has 1 saturated heterocycles. The maximum absolute atomic E-state index is 12.1. The normalized spacial score (nSPS) is 53.9. The van der Waals surface area contributed by atoms with Crippen LogP contribution >= 0.6 is 0 Å². The van der Waals surface area contributed by atoms with Crippen LogP contribution in [-0.2, 0) is 9.53 Å². The molecule has 2 nitrogen and oxygen atoms in total. The standard InChI is InChI=1S/C19H24O2/c1-12-14-5-8-18-9-13(19(10-18)11-21-19)3-4-16(18)17(14,2)7-6-15(12)20/h5,8,13,16H,3-4,6-7,9-11H2,1-2H3/t13-,16+,17-,18+,19-/m1/s1. The minimum Gasteiger partial charge on any atom is -0.369 e. The number of epoxide rings is 1. The van der Waals surface area contributed by atoms with E-state index in [1.807, 2.05) is 6.92 Å². The second-order valence-corrected chi connectivity index (χ2v) is 8.51. The zero-order valence-corrected chi connectivity index (χ0v) is 13.1. The average Bonchev–Trinajstić information content (AvgIpc) is 3.19. The molecule has 0 N–H and O–H groups in total. The van der Waals surface area contributed by atoms with Gasteiger partial charge in [-0.05, 0) is 72.8 Å². The van der Waals surface area contributed by atoms with Crippen molar-refractivity contribution in [3.8, 4) is 0 Å². The van der Waals surface area contributed by atoms with Gasteiger partial charge in [0, 0.05) is 6.42 Å². The number of allylic oxidation sites excluding steroid dienone is 4. The molecule has 112 valence electrons. The molecule has 1 aliphatic heterocycles. The Balaban J connectivity index is 1.67. The summed E-state index contributed by atoms with van der Waals surface area (Å²) < 4.78 is 5.92. The van der Waals surface area contributed by atoms with E-state index in [0.717, 1.165) is 30.9 Å². The molecule has 0 aromatic heterocycles. The summed E-state index contributed by atoms with van der Waals surface area (Å²) in [5.41, 5.74) is 3.21. The Hall–Kier alpha value is -0.890. The Labute approximate surface area is 126 Å². The third-order valence-electron chi connectivity index (χ3n) is 7.67. The largest absolute Gasteiger partial charge is 0.369 e. The molecule has 0 unspecified atom stereocenters. The van der Waals surface area contributed by atoms with Crippen molar-refractivity contribution in [3.63, 3.8) is 0 Å². The van der Waals surface area contributed by atoms with E-state index in [0.29, 0.717) is 17.1 Å². The highest BCUT2D eigenvalue weighted by Crippen LogP contribution is 2.71. The highest BCUT2D eigenvalue weighted by atomic mass is 16.6. The summed E-state index contributed by atoms with van der Waals surface area (Å²) in [4.78, 5) is 12.1. The van der Waals surface area contributed by atoms with Crippen LogP contribution < -0.4 is 0 Å². The van der Waals surface area contributed by atoms with E-state index < -0.39 is 0 Å². The monoisotopic (exact) mass is 284 g/mol. The summed E-state index contributed by atoms with van der Waals surface area (Å²) >= 11 is 0. The van der Waals surface area contributed by atoms with Crippen molar-refractivity contribution in [1.82, 2.24) is 0 Å². The summed E-state index contributed by atoms with van der Waals surface area (Å²) in [5, 5.41) is 0. The molecule has 2 spiro atoms. The molecule has 0 amide bonds. The maximum atomic E-state index is 12.1. The van der Waals surface area contributed by atoms with Gasteiger partial charge in [0.2, 0.25) is 0 Å². The molecule has 4 aliphatic carbocycles. The molecule has 21 heavy (non-hydrogen) atoms. The highest BCUT2D eigenvalue weighted by Gasteiger charge is 2.68. The third kappa shape index (κ3) is 1.36. The summed E-state index contributed by atoms with van der Waals surface area (Å²) in [6.45, 7) is 5.48. The van der Waals surface area contributed by atoms with E-state index in [4.69, 9.17) is 4.74 Å². The molecule has 0 aromatic rings. The Morgan fingerprint density at radius 1 is 1.33 bits per heavy atom. The molecule has 3 fully saturated rings. The fourth-order valence-corrected chi connectivity index (χ4v) is 6.53. The lowest BCUT2D eigenvalue weighted by atomic mass is 9.49. The van der Waals surface area contributed by atoms with E-state index in [9.17, 15) is 4.79 Å². The Morgan fingerprint density at radius 2 is 2.14 bits per heavy atom. The van der Waals surface area contributed by atoms with Crippen molar-refractivity contribution in [2.75, 3.05) is 6.61 Å². The first-order valence-electron chi connectivity index (χ1n) is 8.57. The van der Waals surface area contributed by atoms with Crippen molar-refractivity contribution in [1.29, 1.82) is 0 Å². The minimum absolute atomic E-state index is 0.220. The van der Waals surface area contributed by atoms with Crippen LogP contribution in [0.5, 0.6) is 0 Å². The van der Waals surface area contributed by atoms with Crippen molar-refractivity contribution in [2.45, 2.75) is 58.0 Å². The van der Waals surface area contributed by atoms with E-state index in [2.05, 4.69) is 19.1 Å². The third-order valence-corrected chi connectivity index (χ3v) is 7.67. The van der Waals surface area contributed by atoms with Gasteiger partial charge in [0.05, 0.1) is 12.2 Å². The van der Waals surface area contributed by atoms with Gasteiger partial charge in [0.15, 0.2) is 5.78 Å². The molecule has 0 radical (unpaired) electrons. The lowest BCUT2D eigenvalue weighted by molar-refractivity contribution is -0.117. The van der Waals surface area contributed by atoms with Crippen LogP contribution in [0.15, 0.2) is 23.3 Å². The summed E-state index contributed by atoms with van der Waals surface area (Å²) in [6.07, 6.45) is 11.8. The van der Waals surface area contributed by atoms with Gasteiger partial charge >= 0.3 is 0 Å². The van der Waals surface area contributed by atoms with Crippen LogP contribution in [0.1, 0.15) is 52.4 Å². The molecular weight excluding hydrogens is 260 g/mol. The SMILES string of the molecule is CC1=C2C=C[C@@]34C[C@@H](CC[C@H]3[C@]2(C)CCC1=O)[C@]1(CO1)C4. The lowest BCUT2D eigenvalue weighted by Gasteiger charge is -2.54. The van der Waals surface area contributed by atoms with Crippen LogP contribution in [0.3, 0.4) is 0 Å². The molecule has 5 aliphatic rings. The predicted molar refractivity (Wildman–Crippen MR) is 80.8 cm³/mol. The van der Waals surface area contributed by atoms with Crippen LogP contribution in [0.25, 0.3) is 0 Å². The molecule has 5 atom stereocenters. The fraction of sp³-hybridized carbons (Fsp3) is 0.737. The summed E-state index contributed by atoms with van der Waals surface area (Å²) in [5.74, 6) is 1.87. The van der Waals surface area contributed by atoms with E-state index in [1.165, 1.54) is 31.3 Å². The van der Waals surface area contributed by atoms with Crippen LogP contribution in [-0.4, -0.2) is 18.0 Å². The molecule has 2 saturated carbocycles. The van der Waals surface area contributed by atoms with E-state index in [-0.39, 0.29) is 11.0 Å². The first kappa shape index (κ1) is 12.6. The Morgan fingerprint density at radius 3 is 2.90 bits per heavy atom. The topological polar surface area (TPSA) is 29.6 Å². The Kier molecular flexibility index (Phi) is 2.13. The zero-order valence-electron chi connectivity index (χ0n) is 13.1. The van der Waals surface area contributed by atoms with Crippen LogP contribution in [0.2, 0.25) is 0 Å². The number of Topliss-reactive ketones (excluding diaryl/α,β-unsaturated/α-hetero) is 1. The molecule has 0 aromatic carbocycles. The minimum atomic E-state index is 0.220. The number of carbonyl (C=O) groups excluding carboxylic acids is 1. The smallest absolute Gasteiger partial charge is 0.158 e. The number of hydrogen-bond acceptors (Lipinski definition) is 2. The number of hydrogen-bond donors (Lipinski definition) is 0. The first-order valence-corrected chi connectivity index (χ1v) is 8.57. The highest BCUT2D eigenvalue weighted by molar-refractivity contribution is 5.97. The molecule has 2 bridgehead atoms. The van der Waals surface area contributed by atoms with Crippen LogP contribution in [0.4, 0.5) is 0 Å². The van der Waals surface area contributed by atoms with Gasteiger partial charge in [-0.25, -0.2) is 0 Å². The van der Waals surface area contributed by atoms with Gasteiger partial charge in [0.25, 0.3) is 0 Å². The number of ketones is 1. The zero-order chi connectivity index (χ0) is 14.5. The predicted octanol–water partition coefficient (Wildman–Crippen LogP) is 3.82. The van der Waals surface area contributed by atoms with Gasteiger partial charge < -0.3 is 4.74 Å². The molecular formula is C19H24O2. The maximum Gasteiger partial charge on any atom is 0.158 e. The lowest BCUT2D eigenvalue weighted by Crippen LogP contribution is -2.46. The number of rotatable bonds is 0. The number of ether oxygens (including phenoxy) is 1. The van der Waals surface area contributed by atoms with Gasteiger partial charge in [-0.15, -0.1) is 0 Å². The van der Waals surface area contributed by atoms with Crippen molar-refractivity contribution in [2.24, 2.45) is 22.7 Å². The van der Waals surface area contributed by atoms with Gasteiger partial charge in [-0.2, -0.15) is 0 Å². The van der Waals surface area contributed by atoms with Crippen molar-refractivity contribution >= 4 is 5.78 Å². The second kappa shape index (κ2) is 3.53. The van der Waals surface area contributed by atoms with Crippen molar-refractivity contribution < 1.29 is 9.53 Å². The second-order valence-electron chi connectivity index (χ2n) is 8.51. The van der Waals surface area contributed by atoms with Gasteiger partial charge in [-0.3, -0.25) is 4.79 Å². The molecule has 1 heterocycles. The van der Waals surface area contributed by atoms with E-state index in [1.54, 1.807) is 0 Å². The first-order chi connectivity index (χ1) is 9.99. The van der Waals surface area contributed by atoms with Crippen LogP contribution in [0, 0.1) is 22.7 Å². The van der Waals surface area contributed by atoms with Gasteiger partial charge in [-0.1, -0.05) is 19.1 Å². The van der Waals surface area contributed by atoms with E-state index >= 15 is 0 Å². The fourth-order valence-electron chi connectivity index (χ4n) is 6.53. The van der Waals surface area contributed by atoms with Gasteiger partial charge in [0.1, 0.15) is 0 Å². The molecule has 5 rings (SSSR count). The average molecular weight is 284 g/mol. The molecule has 2 heteroatoms. The number of carbonyl (C=O) groups is 1. The quantitative estimate of drug-likeness (QED) is 0.633. The van der Waals surface area contributed by atoms with Crippen molar-refractivity contribution in [3.05, 3.63) is 23.3 Å². The number of fused-ring (bicyclic) bond motifs is 4. The Bertz CT molecular complexity index is 609. The summed E-state index contributed by atoms with van der Waals surface area (Å²) in [7, 11) is 0. The summed E-state index contributed by atoms with van der Waals surface area (Å²) in [6, 6.07) is 0.